The molecule has 0 aliphatic carbocycles. The highest BCUT2D eigenvalue weighted by Crippen LogP contribution is 2.25. The number of carbonyl (C=O) groups is 1. The van der Waals surface area contributed by atoms with E-state index >= 15 is 0 Å². The van der Waals surface area contributed by atoms with Crippen molar-refractivity contribution in [1.29, 1.82) is 0 Å². The molecule has 0 aromatic heterocycles. The second-order valence-corrected chi connectivity index (χ2v) is 4.86. The lowest BCUT2D eigenvalue weighted by Crippen LogP contribution is -2.48. The number of hydrogen-bond donors (Lipinski definition) is 2. The standard InChI is InChI=1S/C12H15ClN2O4/c1-3-12(2,7-16)14-11(17)8-4-5-10(15(18)19)9(13)6-8/h4-6,16H,3,7H2,1-2H3,(H,14,17). The molecule has 0 saturated carbocycles. The quantitative estimate of drug-likeness (QED) is 0.640. The van der Waals surface area contributed by atoms with Crippen LogP contribution in [0.3, 0.4) is 0 Å². The van der Waals surface area contributed by atoms with Gasteiger partial charge < -0.3 is 10.4 Å². The number of nitro groups is 1. The van der Waals surface area contributed by atoms with Gasteiger partial charge in [0.05, 0.1) is 17.1 Å². The van der Waals surface area contributed by atoms with Gasteiger partial charge in [0.15, 0.2) is 0 Å². The van der Waals surface area contributed by atoms with Gasteiger partial charge in [-0.3, -0.25) is 14.9 Å². The largest absolute Gasteiger partial charge is 0.394 e. The minimum absolute atomic E-state index is 0.0974. The number of halogens is 1. The highest BCUT2D eigenvalue weighted by molar-refractivity contribution is 6.33. The second-order valence-electron chi connectivity index (χ2n) is 4.45. The Balaban J connectivity index is 2.96. The summed E-state index contributed by atoms with van der Waals surface area (Å²) in [5.74, 6) is -0.435. The topological polar surface area (TPSA) is 92.5 Å². The van der Waals surface area contributed by atoms with Crippen LogP contribution in [-0.4, -0.2) is 28.1 Å². The van der Waals surface area contributed by atoms with Crippen molar-refractivity contribution >= 4 is 23.2 Å². The van der Waals surface area contributed by atoms with E-state index < -0.39 is 16.4 Å². The lowest BCUT2D eigenvalue weighted by Gasteiger charge is -2.27. The first-order valence-electron chi connectivity index (χ1n) is 5.70. The lowest BCUT2D eigenvalue weighted by atomic mass is 9.99. The minimum atomic E-state index is -0.731. The van der Waals surface area contributed by atoms with Crippen LogP contribution < -0.4 is 5.32 Å². The summed E-state index contributed by atoms with van der Waals surface area (Å²) in [4.78, 5) is 22.0. The van der Waals surface area contributed by atoms with Crippen LogP contribution in [0.25, 0.3) is 0 Å². The van der Waals surface area contributed by atoms with Gasteiger partial charge in [-0.2, -0.15) is 0 Å². The molecule has 0 spiro atoms. The molecule has 0 saturated heterocycles. The molecule has 0 aliphatic heterocycles. The average molecular weight is 287 g/mol. The van der Waals surface area contributed by atoms with Crippen molar-refractivity contribution in [2.45, 2.75) is 25.8 Å². The van der Waals surface area contributed by atoms with Crippen LogP contribution in [0.4, 0.5) is 5.69 Å². The molecule has 0 aliphatic rings. The molecule has 1 aromatic rings. The Hall–Kier alpha value is -1.66. The van der Waals surface area contributed by atoms with Gasteiger partial charge in [0, 0.05) is 11.6 Å². The number of nitrogens with one attached hydrogen (secondary N) is 1. The molecular formula is C12H15ClN2O4. The SMILES string of the molecule is CCC(C)(CO)NC(=O)c1ccc([N+](=O)[O-])c(Cl)c1. The zero-order valence-electron chi connectivity index (χ0n) is 10.6. The van der Waals surface area contributed by atoms with E-state index in [1.54, 1.807) is 6.92 Å². The van der Waals surface area contributed by atoms with Crippen LogP contribution in [-0.2, 0) is 0 Å². The number of amides is 1. The first kappa shape index (κ1) is 15.4. The fraction of sp³-hybridized carbons (Fsp3) is 0.417. The molecule has 0 radical (unpaired) electrons. The summed E-state index contributed by atoms with van der Waals surface area (Å²) in [7, 11) is 0. The number of rotatable bonds is 5. The minimum Gasteiger partial charge on any atom is -0.394 e. The smallest absolute Gasteiger partial charge is 0.287 e. The first-order chi connectivity index (χ1) is 8.83. The third-order valence-electron chi connectivity index (χ3n) is 2.95. The molecule has 1 aromatic carbocycles. The van der Waals surface area contributed by atoms with E-state index in [2.05, 4.69) is 5.32 Å². The molecule has 0 fully saturated rings. The summed E-state index contributed by atoms with van der Waals surface area (Å²) in [6.45, 7) is 3.34. The molecule has 6 nitrogen and oxygen atoms in total. The van der Waals surface area contributed by atoms with Crippen molar-refractivity contribution in [3.8, 4) is 0 Å². The molecule has 19 heavy (non-hydrogen) atoms. The van der Waals surface area contributed by atoms with Crippen molar-refractivity contribution in [1.82, 2.24) is 5.32 Å². The summed E-state index contributed by atoms with van der Waals surface area (Å²) < 4.78 is 0. The normalized spacial score (nSPS) is 13.7. The van der Waals surface area contributed by atoms with E-state index in [9.17, 15) is 20.0 Å². The number of nitro benzene ring substituents is 1. The highest BCUT2D eigenvalue weighted by atomic mass is 35.5. The number of benzene rings is 1. The molecule has 7 heteroatoms. The van der Waals surface area contributed by atoms with Crippen molar-refractivity contribution < 1.29 is 14.8 Å². The summed E-state index contributed by atoms with van der Waals surface area (Å²) >= 11 is 5.74. The van der Waals surface area contributed by atoms with E-state index in [0.29, 0.717) is 6.42 Å². The van der Waals surface area contributed by atoms with Gasteiger partial charge in [0.1, 0.15) is 5.02 Å². The van der Waals surface area contributed by atoms with Gasteiger partial charge in [0.25, 0.3) is 11.6 Å². The Labute approximate surface area is 115 Å². The number of aliphatic hydroxyl groups excluding tert-OH is 1. The van der Waals surface area contributed by atoms with E-state index in [0.717, 1.165) is 0 Å². The number of carbonyl (C=O) groups excluding carboxylic acids is 1. The Morgan fingerprint density at radius 1 is 1.58 bits per heavy atom. The van der Waals surface area contributed by atoms with Gasteiger partial charge in [-0.05, 0) is 25.5 Å². The van der Waals surface area contributed by atoms with E-state index in [4.69, 9.17) is 11.6 Å². The number of aliphatic hydroxyl groups is 1. The Kier molecular flexibility index (Phi) is 4.85. The van der Waals surface area contributed by atoms with Gasteiger partial charge >= 0.3 is 0 Å². The average Bonchev–Trinajstić information content (AvgIpc) is 2.37. The van der Waals surface area contributed by atoms with Gasteiger partial charge in [-0.15, -0.1) is 0 Å². The predicted octanol–water partition coefficient (Wildman–Crippen LogP) is 2.14. The number of nitrogens with zero attached hydrogens (tertiary/aromatic N) is 1. The Bertz CT molecular complexity index is 501. The van der Waals surface area contributed by atoms with Crippen LogP contribution in [0.2, 0.25) is 5.02 Å². The Morgan fingerprint density at radius 2 is 2.21 bits per heavy atom. The summed E-state index contributed by atoms with van der Waals surface area (Å²) in [6, 6.07) is 3.74. The van der Waals surface area contributed by atoms with Crippen molar-refractivity contribution in [3.63, 3.8) is 0 Å². The van der Waals surface area contributed by atoms with E-state index in [1.165, 1.54) is 18.2 Å². The van der Waals surface area contributed by atoms with E-state index in [-0.39, 0.29) is 22.9 Å². The van der Waals surface area contributed by atoms with Gasteiger partial charge in [0.2, 0.25) is 0 Å². The maximum Gasteiger partial charge on any atom is 0.287 e. The maximum absolute atomic E-state index is 12.0. The molecule has 2 N–H and O–H groups in total. The van der Waals surface area contributed by atoms with Crippen LogP contribution >= 0.6 is 11.6 Å². The van der Waals surface area contributed by atoms with Crippen molar-refractivity contribution in [2.75, 3.05) is 6.61 Å². The number of hydrogen-bond acceptors (Lipinski definition) is 4. The third-order valence-corrected chi connectivity index (χ3v) is 3.25. The molecule has 1 rings (SSSR count). The first-order valence-corrected chi connectivity index (χ1v) is 6.08. The molecular weight excluding hydrogens is 272 g/mol. The molecule has 0 heterocycles. The summed E-state index contributed by atoms with van der Waals surface area (Å²) in [5, 5.41) is 22.4. The van der Waals surface area contributed by atoms with Crippen molar-refractivity contribution in [2.24, 2.45) is 0 Å². The molecule has 1 atom stereocenters. The van der Waals surface area contributed by atoms with Crippen LogP contribution in [0, 0.1) is 10.1 Å². The molecule has 104 valence electrons. The maximum atomic E-state index is 12.0. The van der Waals surface area contributed by atoms with Crippen LogP contribution in [0.5, 0.6) is 0 Å². The van der Waals surface area contributed by atoms with Crippen LogP contribution in [0.1, 0.15) is 30.6 Å². The zero-order chi connectivity index (χ0) is 14.6. The van der Waals surface area contributed by atoms with Crippen molar-refractivity contribution in [3.05, 3.63) is 38.9 Å². The van der Waals surface area contributed by atoms with Crippen LogP contribution in [0.15, 0.2) is 18.2 Å². The van der Waals surface area contributed by atoms with Gasteiger partial charge in [-0.25, -0.2) is 0 Å². The zero-order valence-corrected chi connectivity index (χ0v) is 11.4. The highest BCUT2D eigenvalue weighted by Gasteiger charge is 2.24. The van der Waals surface area contributed by atoms with Gasteiger partial charge in [-0.1, -0.05) is 18.5 Å². The predicted molar refractivity (Wildman–Crippen MR) is 71.4 cm³/mol. The second kappa shape index (κ2) is 5.99. The summed E-state index contributed by atoms with van der Waals surface area (Å²) in [6.07, 6.45) is 0.552. The molecule has 1 unspecified atom stereocenters. The fourth-order valence-corrected chi connectivity index (χ4v) is 1.63. The fourth-order valence-electron chi connectivity index (χ4n) is 1.38. The molecule has 1 amide bonds. The Morgan fingerprint density at radius 3 is 2.63 bits per heavy atom. The molecule has 0 bridgehead atoms. The monoisotopic (exact) mass is 286 g/mol. The lowest BCUT2D eigenvalue weighted by molar-refractivity contribution is -0.384. The third kappa shape index (κ3) is 3.65. The van der Waals surface area contributed by atoms with E-state index in [1.807, 2.05) is 6.92 Å². The summed E-state index contributed by atoms with van der Waals surface area (Å²) in [5.41, 5.74) is -0.770.